The van der Waals surface area contributed by atoms with Crippen molar-refractivity contribution in [2.45, 2.75) is 32.2 Å². The molecule has 0 aliphatic heterocycles. The van der Waals surface area contributed by atoms with Crippen molar-refractivity contribution < 1.29 is 0 Å². The van der Waals surface area contributed by atoms with Crippen molar-refractivity contribution in [3.63, 3.8) is 0 Å². The predicted octanol–water partition coefficient (Wildman–Crippen LogP) is 1.64. The highest BCUT2D eigenvalue weighted by molar-refractivity contribution is 4.80. The second-order valence-electron chi connectivity index (χ2n) is 3.48. The van der Waals surface area contributed by atoms with Gasteiger partial charge in [0.1, 0.15) is 12.7 Å². The molecule has 2 rings (SSSR count). The molecule has 0 aromatic carbocycles. The van der Waals surface area contributed by atoms with Crippen LogP contribution < -0.4 is 0 Å². The van der Waals surface area contributed by atoms with E-state index >= 15 is 0 Å². The van der Waals surface area contributed by atoms with Crippen LogP contribution in [0.5, 0.6) is 0 Å². The van der Waals surface area contributed by atoms with Gasteiger partial charge in [0.15, 0.2) is 0 Å². The van der Waals surface area contributed by atoms with Gasteiger partial charge >= 0.3 is 0 Å². The largest absolute Gasteiger partial charge is 0.317 e. The normalized spacial score (nSPS) is 31.0. The summed E-state index contributed by atoms with van der Waals surface area (Å²) in [6.45, 7) is 2.31. The predicted molar refractivity (Wildman–Crippen MR) is 42.1 cm³/mol. The van der Waals surface area contributed by atoms with Gasteiger partial charge in [0.05, 0.1) is 0 Å². The number of hydrogen-bond donors (Lipinski definition) is 0. The highest BCUT2D eigenvalue weighted by atomic mass is 15.2. The van der Waals surface area contributed by atoms with Gasteiger partial charge in [-0.15, -0.1) is 10.2 Å². The first-order chi connectivity index (χ1) is 5.36. The Hall–Kier alpha value is -0.860. The quantitative estimate of drug-likeness (QED) is 0.611. The molecule has 1 aromatic rings. The summed E-state index contributed by atoms with van der Waals surface area (Å²) >= 11 is 0. The number of hydrogen-bond acceptors (Lipinski definition) is 2. The Morgan fingerprint density at radius 2 is 2.00 bits per heavy atom. The fraction of sp³-hybridized carbons (Fsp3) is 0.750. The Morgan fingerprint density at radius 1 is 1.27 bits per heavy atom. The molecule has 0 bridgehead atoms. The van der Waals surface area contributed by atoms with E-state index in [9.17, 15) is 0 Å². The number of rotatable bonds is 1. The van der Waals surface area contributed by atoms with Crippen molar-refractivity contribution in [2.24, 2.45) is 5.92 Å². The van der Waals surface area contributed by atoms with E-state index < -0.39 is 0 Å². The summed E-state index contributed by atoms with van der Waals surface area (Å²) in [6.07, 6.45) is 7.57. The molecule has 1 saturated carbocycles. The van der Waals surface area contributed by atoms with Crippen LogP contribution in [0.25, 0.3) is 0 Å². The minimum atomic E-state index is 0.667. The first kappa shape index (κ1) is 6.83. The van der Waals surface area contributed by atoms with Crippen LogP contribution in [0.3, 0.4) is 0 Å². The molecular formula is C8H13N3. The third kappa shape index (κ3) is 1.27. The van der Waals surface area contributed by atoms with Crippen molar-refractivity contribution in [2.75, 3.05) is 0 Å². The van der Waals surface area contributed by atoms with Crippen LogP contribution in [-0.2, 0) is 0 Å². The van der Waals surface area contributed by atoms with E-state index in [1.807, 2.05) is 12.7 Å². The fourth-order valence-electron chi connectivity index (χ4n) is 1.85. The van der Waals surface area contributed by atoms with E-state index in [1.54, 1.807) is 0 Å². The molecule has 1 heterocycles. The lowest BCUT2D eigenvalue weighted by molar-refractivity contribution is 0.492. The molecule has 3 heteroatoms. The molecular weight excluding hydrogens is 138 g/mol. The Balaban J connectivity index is 2.08. The molecule has 1 aromatic heterocycles. The van der Waals surface area contributed by atoms with Gasteiger partial charge in [0.2, 0.25) is 0 Å². The maximum absolute atomic E-state index is 3.80. The Labute approximate surface area is 66.4 Å². The second-order valence-corrected chi connectivity index (χ2v) is 3.48. The average molecular weight is 151 g/mol. The standard InChI is InChI=1S/C8H13N3/c1-7-2-3-8(4-7)11-5-9-10-6-11/h5-8H,2-4H2,1H3/t7?,8-/m0/s1. The lowest BCUT2D eigenvalue weighted by atomic mass is 10.1. The lowest BCUT2D eigenvalue weighted by Gasteiger charge is -2.08. The summed E-state index contributed by atoms with van der Waals surface area (Å²) in [5.41, 5.74) is 0. The van der Waals surface area contributed by atoms with E-state index in [-0.39, 0.29) is 0 Å². The first-order valence-corrected chi connectivity index (χ1v) is 4.20. The average Bonchev–Trinajstić information content (AvgIpc) is 2.55. The summed E-state index contributed by atoms with van der Waals surface area (Å²) in [7, 11) is 0. The van der Waals surface area contributed by atoms with Crippen molar-refractivity contribution in [3.8, 4) is 0 Å². The Morgan fingerprint density at radius 3 is 2.55 bits per heavy atom. The zero-order valence-corrected chi connectivity index (χ0v) is 6.77. The Bertz CT molecular complexity index is 217. The smallest absolute Gasteiger partial charge is 0.119 e. The van der Waals surface area contributed by atoms with Crippen LogP contribution >= 0.6 is 0 Å². The van der Waals surface area contributed by atoms with Crippen LogP contribution in [0.2, 0.25) is 0 Å². The van der Waals surface area contributed by atoms with E-state index in [4.69, 9.17) is 0 Å². The summed E-state index contributed by atoms with van der Waals surface area (Å²) in [5, 5.41) is 7.61. The summed E-state index contributed by atoms with van der Waals surface area (Å²) in [6, 6.07) is 0.667. The molecule has 0 amide bonds. The van der Waals surface area contributed by atoms with Gasteiger partial charge < -0.3 is 4.57 Å². The molecule has 2 atom stereocenters. The minimum Gasteiger partial charge on any atom is -0.317 e. The van der Waals surface area contributed by atoms with Gasteiger partial charge in [-0.1, -0.05) is 6.92 Å². The summed E-state index contributed by atoms with van der Waals surface area (Å²) < 4.78 is 2.13. The maximum Gasteiger partial charge on any atom is 0.119 e. The van der Waals surface area contributed by atoms with Crippen molar-refractivity contribution in [1.82, 2.24) is 14.8 Å². The minimum absolute atomic E-state index is 0.667. The lowest BCUT2D eigenvalue weighted by Crippen LogP contribution is -2.01. The molecule has 1 unspecified atom stereocenters. The highest BCUT2D eigenvalue weighted by Crippen LogP contribution is 2.33. The van der Waals surface area contributed by atoms with E-state index in [2.05, 4.69) is 21.7 Å². The number of nitrogens with zero attached hydrogens (tertiary/aromatic N) is 3. The summed E-state index contributed by atoms with van der Waals surface area (Å²) in [4.78, 5) is 0. The molecule has 3 nitrogen and oxygen atoms in total. The van der Waals surface area contributed by atoms with Crippen LogP contribution in [0.1, 0.15) is 32.2 Å². The van der Waals surface area contributed by atoms with E-state index in [0.717, 1.165) is 5.92 Å². The van der Waals surface area contributed by atoms with Crippen LogP contribution in [0, 0.1) is 5.92 Å². The molecule has 1 aliphatic rings. The molecule has 1 fully saturated rings. The van der Waals surface area contributed by atoms with Gasteiger partial charge in [-0.2, -0.15) is 0 Å². The van der Waals surface area contributed by atoms with Gasteiger partial charge in [-0.25, -0.2) is 0 Å². The van der Waals surface area contributed by atoms with Gasteiger partial charge in [-0.3, -0.25) is 0 Å². The van der Waals surface area contributed by atoms with Crippen LogP contribution in [0.15, 0.2) is 12.7 Å². The molecule has 0 N–H and O–H groups in total. The van der Waals surface area contributed by atoms with Crippen LogP contribution in [-0.4, -0.2) is 14.8 Å². The van der Waals surface area contributed by atoms with Crippen molar-refractivity contribution in [3.05, 3.63) is 12.7 Å². The summed E-state index contributed by atoms with van der Waals surface area (Å²) in [5.74, 6) is 0.877. The van der Waals surface area contributed by atoms with E-state index in [0.29, 0.717) is 6.04 Å². The maximum atomic E-state index is 3.80. The van der Waals surface area contributed by atoms with Crippen LogP contribution in [0.4, 0.5) is 0 Å². The fourth-order valence-corrected chi connectivity index (χ4v) is 1.85. The van der Waals surface area contributed by atoms with Gasteiger partial charge in [-0.05, 0) is 25.2 Å². The Kier molecular flexibility index (Phi) is 1.64. The molecule has 60 valence electrons. The van der Waals surface area contributed by atoms with Gasteiger partial charge in [0, 0.05) is 6.04 Å². The first-order valence-electron chi connectivity index (χ1n) is 4.20. The zero-order valence-electron chi connectivity index (χ0n) is 6.77. The molecule has 0 saturated heterocycles. The van der Waals surface area contributed by atoms with E-state index in [1.165, 1.54) is 19.3 Å². The van der Waals surface area contributed by atoms with Crippen molar-refractivity contribution >= 4 is 0 Å². The molecule has 0 radical (unpaired) electrons. The van der Waals surface area contributed by atoms with Crippen molar-refractivity contribution in [1.29, 1.82) is 0 Å². The highest BCUT2D eigenvalue weighted by Gasteiger charge is 2.21. The molecule has 1 aliphatic carbocycles. The monoisotopic (exact) mass is 151 g/mol. The SMILES string of the molecule is CC1CC[C@H](n2cnnc2)C1. The second kappa shape index (κ2) is 2.64. The zero-order chi connectivity index (χ0) is 7.68. The van der Waals surface area contributed by atoms with Gasteiger partial charge in [0.25, 0.3) is 0 Å². The number of aromatic nitrogens is 3. The third-order valence-electron chi connectivity index (χ3n) is 2.53. The third-order valence-corrected chi connectivity index (χ3v) is 2.53. The molecule has 11 heavy (non-hydrogen) atoms. The topological polar surface area (TPSA) is 30.7 Å². The molecule has 0 spiro atoms.